The van der Waals surface area contributed by atoms with Gasteiger partial charge in [-0.2, -0.15) is 18.6 Å². The molecule has 4 fully saturated rings. The van der Waals surface area contributed by atoms with E-state index in [-0.39, 0.29) is 17.5 Å². The molecule has 1 aliphatic heterocycles. The number of ether oxygens (including phenoxy) is 2. The SMILES string of the molecule is C[C@H]1C(Nc2cnn(C3CCCCO3)c(=O)c2OC(F)F)C[C@@H]2CC1C2(C)C. The Balaban J connectivity index is 1.60. The van der Waals surface area contributed by atoms with Crippen LogP contribution < -0.4 is 15.6 Å². The van der Waals surface area contributed by atoms with E-state index in [4.69, 9.17) is 4.74 Å². The zero-order valence-corrected chi connectivity index (χ0v) is 16.7. The molecule has 6 nitrogen and oxygen atoms in total. The van der Waals surface area contributed by atoms with Crippen molar-refractivity contribution in [3.63, 3.8) is 0 Å². The van der Waals surface area contributed by atoms with E-state index in [0.717, 1.165) is 23.9 Å². The number of hydrogen-bond acceptors (Lipinski definition) is 5. The minimum atomic E-state index is -3.08. The topological polar surface area (TPSA) is 65.4 Å². The third-order valence-electron chi connectivity index (χ3n) is 7.29. The van der Waals surface area contributed by atoms with Crippen LogP contribution in [0.15, 0.2) is 11.0 Å². The molecule has 5 atom stereocenters. The summed E-state index contributed by atoms with van der Waals surface area (Å²) in [5.41, 5.74) is -0.112. The molecule has 1 aromatic heterocycles. The normalized spacial score (nSPS) is 34.0. The zero-order valence-electron chi connectivity index (χ0n) is 16.7. The Bertz CT molecular complexity index is 776. The number of rotatable bonds is 5. The molecular weight excluding hydrogens is 368 g/mol. The standard InChI is InChI=1S/C20H29F2N3O3/c1-11-13-8-12(20(13,2)3)9-14(11)24-15-10-23-25(16-6-4-5-7-27-16)18(26)17(15)28-19(21)22/h10-14,16,19,24H,4-9H2,1-3H3/t11-,12+,13?,14?,16?/m1/s1. The van der Waals surface area contributed by atoms with Gasteiger partial charge in [-0.1, -0.05) is 20.8 Å². The van der Waals surface area contributed by atoms with Gasteiger partial charge in [0, 0.05) is 12.6 Å². The molecule has 2 bridgehead atoms. The molecule has 4 aliphatic rings. The molecule has 5 rings (SSSR count). The lowest BCUT2D eigenvalue weighted by atomic mass is 9.45. The van der Waals surface area contributed by atoms with Crippen LogP contribution in [0.25, 0.3) is 0 Å². The number of aromatic nitrogens is 2. The van der Waals surface area contributed by atoms with E-state index in [9.17, 15) is 13.6 Å². The highest BCUT2D eigenvalue weighted by atomic mass is 19.3. The third kappa shape index (κ3) is 3.29. The zero-order chi connectivity index (χ0) is 20.1. The van der Waals surface area contributed by atoms with E-state index in [2.05, 4.69) is 35.9 Å². The number of nitrogens with zero attached hydrogens (tertiary/aromatic N) is 2. The van der Waals surface area contributed by atoms with Crippen LogP contribution >= 0.6 is 0 Å². The van der Waals surface area contributed by atoms with E-state index in [1.54, 1.807) is 0 Å². The molecule has 0 spiro atoms. The number of fused-ring (bicyclic) bond motifs is 2. The van der Waals surface area contributed by atoms with Crippen LogP contribution in [-0.2, 0) is 4.74 Å². The van der Waals surface area contributed by atoms with Crippen molar-refractivity contribution in [3.8, 4) is 5.75 Å². The van der Waals surface area contributed by atoms with Crippen LogP contribution in [-0.4, -0.2) is 29.0 Å². The minimum Gasteiger partial charge on any atom is -0.427 e. The summed E-state index contributed by atoms with van der Waals surface area (Å²) in [5, 5.41) is 7.51. The van der Waals surface area contributed by atoms with Crippen molar-refractivity contribution in [2.75, 3.05) is 11.9 Å². The fourth-order valence-corrected chi connectivity index (χ4v) is 5.42. The quantitative estimate of drug-likeness (QED) is 0.813. The molecule has 0 aromatic carbocycles. The van der Waals surface area contributed by atoms with E-state index in [1.807, 2.05) is 0 Å². The largest absolute Gasteiger partial charge is 0.427 e. The number of nitrogens with one attached hydrogen (secondary N) is 1. The van der Waals surface area contributed by atoms with Crippen LogP contribution in [0.3, 0.4) is 0 Å². The van der Waals surface area contributed by atoms with Crippen LogP contribution in [0.2, 0.25) is 0 Å². The molecule has 3 aliphatic carbocycles. The fraction of sp³-hybridized carbons (Fsp3) is 0.800. The van der Waals surface area contributed by atoms with Crippen LogP contribution in [0.4, 0.5) is 14.5 Å². The van der Waals surface area contributed by atoms with Gasteiger partial charge in [-0.05, 0) is 55.3 Å². The summed E-state index contributed by atoms with van der Waals surface area (Å²) >= 11 is 0. The Hall–Kier alpha value is -1.70. The van der Waals surface area contributed by atoms with E-state index in [0.29, 0.717) is 36.2 Å². The first kappa shape index (κ1) is 19.6. The molecule has 0 radical (unpaired) electrons. The lowest BCUT2D eigenvalue weighted by Gasteiger charge is -2.62. The first-order valence-corrected chi connectivity index (χ1v) is 10.2. The first-order valence-electron chi connectivity index (χ1n) is 10.2. The fourth-order valence-electron chi connectivity index (χ4n) is 5.42. The molecule has 1 aromatic rings. The molecular formula is C20H29F2N3O3. The van der Waals surface area contributed by atoms with Crippen molar-refractivity contribution in [1.29, 1.82) is 0 Å². The summed E-state index contributed by atoms with van der Waals surface area (Å²) < 4.78 is 37.4. The maximum Gasteiger partial charge on any atom is 0.387 e. The smallest absolute Gasteiger partial charge is 0.387 e. The van der Waals surface area contributed by atoms with Gasteiger partial charge >= 0.3 is 12.2 Å². The maximum absolute atomic E-state index is 13.0. The molecule has 2 heterocycles. The summed E-state index contributed by atoms with van der Waals surface area (Å²) in [4.78, 5) is 12.8. The summed E-state index contributed by atoms with van der Waals surface area (Å²) in [7, 11) is 0. The Morgan fingerprint density at radius 3 is 2.75 bits per heavy atom. The lowest BCUT2D eigenvalue weighted by molar-refractivity contribution is -0.105. The predicted octanol–water partition coefficient (Wildman–Crippen LogP) is 4.03. The monoisotopic (exact) mass is 397 g/mol. The second-order valence-electron chi connectivity index (χ2n) is 9.04. The highest BCUT2D eigenvalue weighted by molar-refractivity contribution is 5.54. The summed E-state index contributed by atoms with van der Waals surface area (Å²) in [6.45, 7) is 4.25. The number of alkyl halides is 2. The van der Waals surface area contributed by atoms with Gasteiger partial charge in [-0.15, -0.1) is 0 Å². The number of anilines is 1. The summed E-state index contributed by atoms with van der Waals surface area (Å²) in [5.74, 6) is 1.20. The van der Waals surface area contributed by atoms with E-state index < -0.39 is 18.4 Å². The second-order valence-corrected chi connectivity index (χ2v) is 9.04. The maximum atomic E-state index is 13.0. The van der Waals surface area contributed by atoms with Crippen molar-refractivity contribution >= 4 is 5.69 Å². The van der Waals surface area contributed by atoms with Gasteiger partial charge in [0.05, 0.1) is 6.20 Å². The third-order valence-corrected chi connectivity index (χ3v) is 7.29. The minimum absolute atomic E-state index is 0.111. The Labute approximate surface area is 163 Å². The Morgan fingerprint density at radius 2 is 2.14 bits per heavy atom. The van der Waals surface area contributed by atoms with Crippen molar-refractivity contribution in [3.05, 3.63) is 16.6 Å². The highest BCUT2D eigenvalue weighted by Crippen LogP contribution is 2.61. The molecule has 8 heteroatoms. The average molecular weight is 397 g/mol. The molecule has 28 heavy (non-hydrogen) atoms. The first-order chi connectivity index (χ1) is 13.3. The van der Waals surface area contributed by atoms with Gasteiger partial charge in [0.15, 0.2) is 6.23 Å². The van der Waals surface area contributed by atoms with Gasteiger partial charge < -0.3 is 14.8 Å². The highest BCUT2D eigenvalue weighted by Gasteiger charge is 2.56. The molecule has 0 amide bonds. The van der Waals surface area contributed by atoms with Crippen molar-refractivity contribution in [2.24, 2.45) is 23.2 Å². The molecule has 1 N–H and O–H groups in total. The predicted molar refractivity (Wildman–Crippen MR) is 101 cm³/mol. The van der Waals surface area contributed by atoms with Gasteiger partial charge in [0.25, 0.3) is 0 Å². The van der Waals surface area contributed by atoms with Crippen molar-refractivity contribution in [1.82, 2.24) is 9.78 Å². The molecule has 156 valence electrons. The Morgan fingerprint density at radius 1 is 1.36 bits per heavy atom. The van der Waals surface area contributed by atoms with E-state index >= 15 is 0 Å². The van der Waals surface area contributed by atoms with Gasteiger partial charge in [-0.3, -0.25) is 4.79 Å². The lowest BCUT2D eigenvalue weighted by Crippen LogP contribution is -2.58. The molecule has 3 unspecified atom stereocenters. The van der Waals surface area contributed by atoms with Crippen LogP contribution in [0.1, 0.15) is 59.1 Å². The van der Waals surface area contributed by atoms with Crippen LogP contribution in [0.5, 0.6) is 5.75 Å². The molecule has 3 saturated carbocycles. The van der Waals surface area contributed by atoms with Crippen LogP contribution in [0, 0.1) is 23.2 Å². The van der Waals surface area contributed by atoms with Gasteiger partial charge in [-0.25, -0.2) is 0 Å². The van der Waals surface area contributed by atoms with E-state index in [1.165, 1.54) is 12.6 Å². The van der Waals surface area contributed by atoms with Crippen molar-refractivity contribution in [2.45, 2.75) is 71.8 Å². The summed E-state index contributed by atoms with van der Waals surface area (Å²) in [6.07, 6.45) is 5.52. The molecule has 1 saturated heterocycles. The number of hydrogen-bond donors (Lipinski definition) is 1. The van der Waals surface area contributed by atoms with Crippen molar-refractivity contribution < 1.29 is 18.3 Å². The van der Waals surface area contributed by atoms with Gasteiger partial charge in [0.1, 0.15) is 5.69 Å². The average Bonchev–Trinajstić information content (AvgIpc) is 2.66. The van der Waals surface area contributed by atoms with Gasteiger partial charge in [0.2, 0.25) is 5.75 Å². The Kier molecular flexibility index (Phi) is 5.10. The number of halogens is 2. The summed E-state index contributed by atoms with van der Waals surface area (Å²) in [6, 6.07) is 0.111. The second kappa shape index (κ2) is 7.28.